The van der Waals surface area contributed by atoms with E-state index in [1.807, 2.05) is 54.6 Å². The second-order valence-electron chi connectivity index (χ2n) is 4.71. The third-order valence-corrected chi connectivity index (χ3v) is 4.08. The third-order valence-electron chi connectivity index (χ3n) is 3.08. The Balaban J connectivity index is 2.08. The van der Waals surface area contributed by atoms with Crippen LogP contribution < -0.4 is 10.6 Å². The summed E-state index contributed by atoms with van der Waals surface area (Å²) in [7, 11) is 0. The maximum absolute atomic E-state index is 12.5. The van der Waals surface area contributed by atoms with Gasteiger partial charge < -0.3 is 10.6 Å². The lowest BCUT2D eigenvalue weighted by Gasteiger charge is -2.23. The summed E-state index contributed by atoms with van der Waals surface area (Å²) in [6.45, 7) is 2.74. The highest BCUT2D eigenvalue weighted by Crippen LogP contribution is 2.25. The average Bonchev–Trinajstić information content (AvgIpc) is 2.52. The summed E-state index contributed by atoms with van der Waals surface area (Å²) in [6.07, 6.45) is 0.899. The fraction of sp³-hybridized carbons (Fsp3) is 0.235. The third kappa shape index (κ3) is 4.26. The highest BCUT2D eigenvalue weighted by atomic mass is 32.2. The van der Waals surface area contributed by atoms with Crippen molar-refractivity contribution in [2.24, 2.45) is 0 Å². The average molecular weight is 300 g/mol. The SMILES string of the molecule is CCCN(C(=O)CSc1ccccc1)c1ccccc1N. The smallest absolute Gasteiger partial charge is 0.237 e. The molecule has 0 aliphatic heterocycles. The molecule has 2 aromatic rings. The molecule has 0 aromatic heterocycles. The first-order valence-corrected chi connectivity index (χ1v) is 8.03. The summed E-state index contributed by atoms with van der Waals surface area (Å²) in [5.74, 6) is 0.502. The molecule has 0 heterocycles. The van der Waals surface area contributed by atoms with Gasteiger partial charge in [-0.3, -0.25) is 4.79 Å². The van der Waals surface area contributed by atoms with E-state index >= 15 is 0 Å². The number of carbonyl (C=O) groups excluding carboxylic acids is 1. The predicted molar refractivity (Wildman–Crippen MR) is 90.7 cm³/mol. The molecule has 1 amide bonds. The zero-order valence-corrected chi connectivity index (χ0v) is 13.0. The molecular formula is C17H20N2OS. The van der Waals surface area contributed by atoms with Crippen LogP contribution in [-0.2, 0) is 4.79 Å². The van der Waals surface area contributed by atoms with Crippen LogP contribution in [0.2, 0.25) is 0 Å². The van der Waals surface area contributed by atoms with Crippen LogP contribution in [0.5, 0.6) is 0 Å². The summed E-state index contributed by atoms with van der Waals surface area (Å²) in [6, 6.07) is 17.5. The number of amides is 1. The maximum Gasteiger partial charge on any atom is 0.237 e. The first kappa shape index (κ1) is 15.4. The zero-order chi connectivity index (χ0) is 15.1. The molecule has 3 nitrogen and oxygen atoms in total. The number of nitrogens with two attached hydrogens (primary N) is 1. The molecule has 2 N–H and O–H groups in total. The molecule has 0 spiro atoms. The van der Waals surface area contributed by atoms with Crippen LogP contribution in [0, 0.1) is 0 Å². The van der Waals surface area contributed by atoms with Crippen molar-refractivity contribution in [1.82, 2.24) is 0 Å². The maximum atomic E-state index is 12.5. The van der Waals surface area contributed by atoms with E-state index in [1.165, 1.54) is 0 Å². The van der Waals surface area contributed by atoms with Crippen LogP contribution in [0.15, 0.2) is 59.5 Å². The van der Waals surface area contributed by atoms with Crippen molar-refractivity contribution in [2.45, 2.75) is 18.2 Å². The highest BCUT2D eigenvalue weighted by Gasteiger charge is 2.16. The molecule has 0 bridgehead atoms. The normalized spacial score (nSPS) is 10.3. The van der Waals surface area contributed by atoms with E-state index in [2.05, 4.69) is 6.92 Å². The number of nitrogen functional groups attached to an aromatic ring is 1. The zero-order valence-electron chi connectivity index (χ0n) is 12.2. The van der Waals surface area contributed by atoms with Gasteiger partial charge in [0.2, 0.25) is 5.91 Å². The summed E-state index contributed by atoms with van der Waals surface area (Å²) < 4.78 is 0. The molecule has 2 rings (SSSR count). The van der Waals surface area contributed by atoms with Crippen LogP contribution in [0.4, 0.5) is 11.4 Å². The lowest BCUT2D eigenvalue weighted by Crippen LogP contribution is -2.33. The molecule has 0 radical (unpaired) electrons. The molecule has 110 valence electrons. The van der Waals surface area contributed by atoms with Gasteiger partial charge in [0.25, 0.3) is 0 Å². The van der Waals surface area contributed by atoms with Crippen LogP contribution in [-0.4, -0.2) is 18.2 Å². The number of hydrogen-bond acceptors (Lipinski definition) is 3. The summed E-state index contributed by atoms with van der Waals surface area (Å²) in [5, 5.41) is 0. The number of anilines is 2. The van der Waals surface area contributed by atoms with Crippen molar-refractivity contribution < 1.29 is 4.79 Å². The van der Waals surface area contributed by atoms with Crippen molar-refractivity contribution in [3.05, 3.63) is 54.6 Å². The lowest BCUT2D eigenvalue weighted by molar-refractivity contribution is -0.116. The van der Waals surface area contributed by atoms with E-state index < -0.39 is 0 Å². The van der Waals surface area contributed by atoms with Gasteiger partial charge in [0, 0.05) is 11.4 Å². The summed E-state index contributed by atoms with van der Waals surface area (Å²) in [5.41, 5.74) is 7.44. The van der Waals surface area contributed by atoms with Crippen LogP contribution >= 0.6 is 11.8 Å². The van der Waals surface area contributed by atoms with Crippen molar-refractivity contribution in [3.8, 4) is 0 Å². The summed E-state index contributed by atoms with van der Waals surface area (Å²) >= 11 is 1.55. The molecule has 0 atom stereocenters. The van der Waals surface area contributed by atoms with E-state index in [1.54, 1.807) is 16.7 Å². The number of nitrogens with zero attached hydrogens (tertiary/aromatic N) is 1. The van der Waals surface area contributed by atoms with Gasteiger partial charge in [0.15, 0.2) is 0 Å². The fourth-order valence-electron chi connectivity index (χ4n) is 2.08. The Morgan fingerprint density at radius 3 is 2.43 bits per heavy atom. The fourth-order valence-corrected chi connectivity index (χ4v) is 2.87. The Kier molecular flexibility index (Phi) is 5.69. The molecule has 2 aromatic carbocycles. The van der Waals surface area contributed by atoms with Gasteiger partial charge in [-0.2, -0.15) is 0 Å². The number of hydrogen-bond donors (Lipinski definition) is 1. The Bertz CT molecular complexity index is 586. The van der Waals surface area contributed by atoms with Crippen LogP contribution in [0.25, 0.3) is 0 Å². The second kappa shape index (κ2) is 7.74. The molecule has 21 heavy (non-hydrogen) atoms. The Hall–Kier alpha value is -1.94. The molecule has 0 saturated carbocycles. The van der Waals surface area contributed by atoms with Gasteiger partial charge >= 0.3 is 0 Å². The van der Waals surface area contributed by atoms with Gasteiger partial charge in [0.1, 0.15) is 0 Å². The quantitative estimate of drug-likeness (QED) is 0.652. The Labute approximate surface area is 130 Å². The topological polar surface area (TPSA) is 46.3 Å². The van der Waals surface area contributed by atoms with E-state index in [4.69, 9.17) is 5.73 Å². The van der Waals surface area contributed by atoms with E-state index in [0.29, 0.717) is 18.0 Å². The van der Waals surface area contributed by atoms with Gasteiger partial charge in [-0.15, -0.1) is 11.8 Å². The highest BCUT2D eigenvalue weighted by molar-refractivity contribution is 8.00. The molecule has 0 fully saturated rings. The first-order valence-electron chi connectivity index (χ1n) is 7.05. The summed E-state index contributed by atoms with van der Waals surface area (Å²) in [4.78, 5) is 15.4. The standard InChI is InChI=1S/C17H20N2OS/c1-2-12-19(16-11-7-6-10-15(16)18)17(20)13-21-14-8-4-3-5-9-14/h3-11H,2,12-13,18H2,1H3. The largest absolute Gasteiger partial charge is 0.397 e. The Morgan fingerprint density at radius 2 is 1.76 bits per heavy atom. The Morgan fingerprint density at radius 1 is 1.10 bits per heavy atom. The molecule has 0 aliphatic rings. The number of benzene rings is 2. The van der Waals surface area contributed by atoms with E-state index in [-0.39, 0.29) is 5.91 Å². The van der Waals surface area contributed by atoms with E-state index in [0.717, 1.165) is 17.0 Å². The predicted octanol–water partition coefficient (Wildman–Crippen LogP) is 3.80. The first-order chi connectivity index (χ1) is 10.2. The minimum atomic E-state index is 0.0867. The molecule has 4 heteroatoms. The van der Waals surface area contributed by atoms with Gasteiger partial charge in [-0.05, 0) is 30.7 Å². The minimum absolute atomic E-state index is 0.0867. The van der Waals surface area contributed by atoms with Crippen LogP contribution in [0.3, 0.4) is 0 Å². The number of carbonyl (C=O) groups is 1. The van der Waals surface area contributed by atoms with Crippen molar-refractivity contribution in [2.75, 3.05) is 22.9 Å². The molecular weight excluding hydrogens is 280 g/mol. The number of thioether (sulfide) groups is 1. The van der Waals surface area contributed by atoms with Gasteiger partial charge in [-0.1, -0.05) is 37.3 Å². The number of para-hydroxylation sites is 2. The molecule has 0 saturated heterocycles. The minimum Gasteiger partial charge on any atom is -0.397 e. The monoisotopic (exact) mass is 300 g/mol. The van der Waals surface area contributed by atoms with Crippen molar-refractivity contribution in [3.63, 3.8) is 0 Å². The molecule has 0 unspecified atom stereocenters. The molecule has 0 aliphatic carbocycles. The lowest BCUT2D eigenvalue weighted by atomic mass is 10.2. The van der Waals surface area contributed by atoms with Crippen LogP contribution in [0.1, 0.15) is 13.3 Å². The van der Waals surface area contributed by atoms with Gasteiger partial charge in [-0.25, -0.2) is 0 Å². The van der Waals surface area contributed by atoms with Gasteiger partial charge in [0.05, 0.1) is 17.1 Å². The van der Waals surface area contributed by atoms with E-state index in [9.17, 15) is 4.79 Å². The second-order valence-corrected chi connectivity index (χ2v) is 5.75. The van der Waals surface area contributed by atoms with Crippen molar-refractivity contribution in [1.29, 1.82) is 0 Å². The number of rotatable bonds is 6. The van der Waals surface area contributed by atoms with Crippen molar-refractivity contribution >= 4 is 29.0 Å².